The third-order valence-corrected chi connectivity index (χ3v) is 2.40. The normalized spacial score (nSPS) is 10.0. The van der Waals surface area contributed by atoms with Crippen molar-refractivity contribution in [3.05, 3.63) is 27.5 Å². The Kier molecular flexibility index (Phi) is 2.09. The van der Waals surface area contributed by atoms with E-state index in [2.05, 4.69) is 27.8 Å². The van der Waals surface area contributed by atoms with Crippen LogP contribution in [0, 0.1) is 20.8 Å². The molecule has 0 N–H and O–H groups in total. The molecule has 1 aromatic heterocycles. The summed E-state index contributed by atoms with van der Waals surface area (Å²) in [6.07, 6.45) is 0. The van der Waals surface area contributed by atoms with E-state index in [1.54, 1.807) is 0 Å². The molecule has 0 atom stereocenters. The van der Waals surface area contributed by atoms with Crippen LogP contribution in [0.25, 0.3) is 0 Å². The molecule has 0 fully saturated rings. The zero-order valence-corrected chi connectivity index (χ0v) is 7.99. The first-order chi connectivity index (χ1) is 4.61. The second-order valence-electron chi connectivity index (χ2n) is 2.46. The third kappa shape index (κ3) is 1.37. The largest absolute Gasteiger partial charge is 0.258 e. The van der Waals surface area contributed by atoms with Crippen LogP contribution in [0.15, 0.2) is 10.5 Å². The van der Waals surface area contributed by atoms with Crippen LogP contribution in [-0.2, 0) is 0 Å². The molecule has 0 radical (unpaired) electrons. The highest BCUT2D eigenvalue weighted by Crippen LogP contribution is 2.18. The standard InChI is InChI=1S/C8H10BrN/c1-5-4-8(9)6(2)7(3)10-5/h4H,1-3H3. The van der Waals surface area contributed by atoms with E-state index in [0.29, 0.717) is 0 Å². The Balaban J connectivity index is 3.31. The van der Waals surface area contributed by atoms with Gasteiger partial charge in [0.25, 0.3) is 0 Å². The Morgan fingerprint density at radius 1 is 1.30 bits per heavy atom. The Bertz CT molecular complexity index is 232. The van der Waals surface area contributed by atoms with Gasteiger partial charge >= 0.3 is 0 Å². The van der Waals surface area contributed by atoms with Gasteiger partial charge in [0.15, 0.2) is 0 Å². The SMILES string of the molecule is Cc1cc(Br)c(C)c(C)n1. The molecule has 0 amide bonds. The van der Waals surface area contributed by atoms with Gasteiger partial charge in [0.2, 0.25) is 0 Å². The van der Waals surface area contributed by atoms with Gasteiger partial charge < -0.3 is 0 Å². The van der Waals surface area contributed by atoms with Crippen molar-refractivity contribution in [1.82, 2.24) is 4.98 Å². The van der Waals surface area contributed by atoms with Gasteiger partial charge in [-0.2, -0.15) is 0 Å². The molecular weight excluding hydrogens is 190 g/mol. The summed E-state index contributed by atoms with van der Waals surface area (Å²) in [5.74, 6) is 0. The summed E-state index contributed by atoms with van der Waals surface area (Å²) < 4.78 is 1.15. The molecule has 0 aliphatic carbocycles. The maximum Gasteiger partial charge on any atom is 0.0416 e. The van der Waals surface area contributed by atoms with Crippen molar-refractivity contribution in [3.8, 4) is 0 Å². The number of nitrogens with zero attached hydrogens (tertiary/aromatic N) is 1. The smallest absolute Gasteiger partial charge is 0.0416 e. The second kappa shape index (κ2) is 2.70. The lowest BCUT2D eigenvalue weighted by molar-refractivity contribution is 1.08. The minimum atomic E-state index is 1.06. The van der Waals surface area contributed by atoms with Crippen molar-refractivity contribution in [3.63, 3.8) is 0 Å². The topological polar surface area (TPSA) is 12.9 Å². The van der Waals surface area contributed by atoms with Crippen molar-refractivity contribution < 1.29 is 0 Å². The minimum Gasteiger partial charge on any atom is -0.258 e. The number of halogens is 1. The number of aryl methyl sites for hydroxylation is 2. The summed E-state index contributed by atoms with van der Waals surface area (Å²) in [4.78, 5) is 4.30. The molecule has 0 saturated heterocycles. The lowest BCUT2D eigenvalue weighted by Gasteiger charge is -2.02. The predicted octanol–water partition coefficient (Wildman–Crippen LogP) is 2.77. The average molecular weight is 200 g/mol. The van der Waals surface area contributed by atoms with E-state index in [4.69, 9.17) is 0 Å². The van der Waals surface area contributed by atoms with Crippen LogP contribution in [0.2, 0.25) is 0 Å². The lowest BCUT2D eigenvalue weighted by atomic mass is 10.2. The molecule has 0 spiro atoms. The number of hydrogen-bond acceptors (Lipinski definition) is 1. The summed E-state index contributed by atoms with van der Waals surface area (Å²) >= 11 is 3.46. The van der Waals surface area contributed by atoms with Crippen LogP contribution >= 0.6 is 15.9 Å². The maximum atomic E-state index is 4.30. The Morgan fingerprint density at radius 3 is 2.40 bits per heavy atom. The number of hydrogen-bond donors (Lipinski definition) is 0. The molecule has 54 valence electrons. The quantitative estimate of drug-likeness (QED) is 0.627. The maximum absolute atomic E-state index is 4.30. The first-order valence-electron chi connectivity index (χ1n) is 3.21. The molecule has 1 heterocycles. The van der Waals surface area contributed by atoms with E-state index in [0.717, 1.165) is 15.9 Å². The molecule has 10 heavy (non-hydrogen) atoms. The zero-order valence-electron chi connectivity index (χ0n) is 6.40. The summed E-state index contributed by atoms with van der Waals surface area (Å²) in [6, 6.07) is 2.03. The van der Waals surface area contributed by atoms with E-state index in [1.165, 1.54) is 5.56 Å². The number of aromatic nitrogens is 1. The van der Waals surface area contributed by atoms with Crippen LogP contribution in [-0.4, -0.2) is 4.98 Å². The Morgan fingerprint density at radius 2 is 1.90 bits per heavy atom. The van der Waals surface area contributed by atoms with E-state index < -0.39 is 0 Å². The lowest BCUT2D eigenvalue weighted by Crippen LogP contribution is -1.90. The summed E-state index contributed by atoms with van der Waals surface area (Å²) in [5.41, 5.74) is 3.40. The summed E-state index contributed by atoms with van der Waals surface area (Å²) in [6.45, 7) is 6.08. The van der Waals surface area contributed by atoms with Gasteiger partial charge in [-0.1, -0.05) is 15.9 Å². The van der Waals surface area contributed by atoms with Crippen molar-refractivity contribution in [2.24, 2.45) is 0 Å². The van der Waals surface area contributed by atoms with Crippen LogP contribution in [0.1, 0.15) is 17.0 Å². The summed E-state index contributed by atoms with van der Waals surface area (Å²) in [7, 11) is 0. The molecule has 0 unspecified atom stereocenters. The first-order valence-corrected chi connectivity index (χ1v) is 4.01. The highest BCUT2D eigenvalue weighted by Gasteiger charge is 1.98. The van der Waals surface area contributed by atoms with Gasteiger partial charge in [0.1, 0.15) is 0 Å². The fourth-order valence-electron chi connectivity index (χ4n) is 0.845. The molecule has 1 rings (SSSR count). The van der Waals surface area contributed by atoms with Gasteiger partial charge in [-0.3, -0.25) is 4.98 Å². The molecule has 0 saturated carbocycles. The Hall–Kier alpha value is -0.370. The van der Waals surface area contributed by atoms with E-state index in [1.807, 2.05) is 19.9 Å². The van der Waals surface area contributed by atoms with Crippen molar-refractivity contribution in [2.75, 3.05) is 0 Å². The highest BCUT2D eigenvalue weighted by molar-refractivity contribution is 9.10. The van der Waals surface area contributed by atoms with E-state index >= 15 is 0 Å². The predicted molar refractivity (Wildman–Crippen MR) is 46.1 cm³/mol. The molecule has 1 aromatic rings. The van der Waals surface area contributed by atoms with Gasteiger partial charge in [-0.15, -0.1) is 0 Å². The van der Waals surface area contributed by atoms with E-state index in [9.17, 15) is 0 Å². The average Bonchev–Trinajstić information content (AvgIpc) is 1.82. The minimum absolute atomic E-state index is 1.06. The van der Waals surface area contributed by atoms with E-state index in [-0.39, 0.29) is 0 Å². The van der Waals surface area contributed by atoms with Crippen molar-refractivity contribution >= 4 is 15.9 Å². The van der Waals surface area contributed by atoms with Gasteiger partial charge in [-0.25, -0.2) is 0 Å². The molecule has 0 aliphatic heterocycles. The molecular formula is C8H10BrN. The van der Waals surface area contributed by atoms with Gasteiger partial charge in [0.05, 0.1) is 0 Å². The summed E-state index contributed by atoms with van der Waals surface area (Å²) in [5, 5.41) is 0. The van der Waals surface area contributed by atoms with Gasteiger partial charge in [0, 0.05) is 15.9 Å². The monoisotopic (exact) mass is 199 g/mol. The number of pyridine rings is 1. The Labute approximate surface area is 69.6 Å². The highest BCUT2D eigenvalue weighted by atomic mass is 79.9. The molecule has 0 bridgehead atoms. The van der Waals surface area contributed by atoms with Crippen LogP contribution in [0.4, 0.5) is 0 Å². The molecule has 1 nitrogen and oxygen atoms in total. The van der Waals surface area contributed by atoms with Crippen molar-refractivity contribution in [2.45, 2.75) is 20.8 Å². The third-order valence-electron chi connectivity index (χ3n) is 1.58. The fourth-order valence-corrected chi connectivity index (χ4v) is 1.46. The van der Waals surface area contributed by atoms with Gasteiger partial charge in [-0.05, 0) is 32.4 Å². The van der Waals surface area contributed by atoms with Crippen LogP contribution < -0.4 is 0 Å². The fraction of sp³-hybridized carbons (Fsp3) is 0.375. The second-order valence-corrected chi connectivity index (χ2v) is 3.31. The zero-order chi connectivity index (χ0) is 7.72. The van der Waals surface area contributed by atoms with Crippen molar-refractivity contribution in [1.29, 1.82) is 0 Å². The molecule has 0 aromatic carbocycles. The molecule has 0 aliphatic rings. The first kappa shape index (κ1) is 7.73. The molecule has 2 heteroatoms. The van der Waals surface area contributed by atoms with Crippen LogP contribution in [0.5, 0.6) is 0 Å². The van der Waals surface area contributed by atoms with Crippen LogP contribution in [0.3, 0.4) is 0 Å². The number of rotatable bonds is 0.